The van der Waals surface area contributed by atoms with Gasteiger partial charge >= 0.3 is 5.97 Å². The van der Waals surface area contributed by atoms with Crippen LogP contribution in [0.2, 0.25) is 0 Å². The van der Waals surface area contributed by atoms with Gasteiger partial charge in [0.25, 0.3) is 0 Å². The summed E-state index contributed by atoms with van der Waals surface area (Å²) in [4.78, 5) is 14.8. The van der Waals surface area contributed by atoms with E-state index in [4.69, 9.17) is 18.9 Å². The number of ether oxygens (including phenoxy) is 4. The predicted octanol–water partition coefficient (Wildman–Crippen LogP) is 3.56. The first-order valence-corrected chi connectivity index (χ1v) is 8.89. The van der Waals surface area contributed by atoms with Crippen molar-refractivity contribution in [2.75, 3.05) is 47.6 Å². The minimum absolute atomic E-state index is 0. The van der Waals surface area contributed by atoms with E-state index in [0.717, 1.165) is 19.4 Å². The SMILES string of the molecule is COc1cc(C(=O)OCCCCN2CCCCC2)cc(OC)c1OC.Cl. The van der Waals surface area contributed by atoms with Crippen LogP contribution in [0.3, 0.4) is 0 Å². The maximum absolute atomic E-state index is 12.3. The predicted molar refractivity (Wildman–Crippen MR) is 103 cm³/mol. The molecule has 2 rings (SSSR count). The van der Waals surface area contributed by atoms with Gasteiger partial charge < -0.3 is 23.8 Å². The van der Waals surface area contributed by atoms with Gasteiger partial charge in [0.15, 0.2) is 11.5 Å². The Morgan fingerprint density at radius 3 is 2.12 bits per heavy atom. The molecule has 148 valence electrons. The maximum atomic E-state index is 12.3. The van der Waals surface area contributed by atoms with E-state index < -0.39 is 0 Å². The number of rotatable bonds is 9. The fourth-order valence-electron chi connectivity index (χ4n) is 3.07. The molecule has 1 aromatic rings. The molecule has 0 aliphatic carbocycles. The number of benzene rings is 1. The lowest BCUT2D eigenvalue weighted by molar-refractivity contribution is 0.0493. The molecule has 1 saturated heterocycles. The molecular weight excluding hydrogens is 358 g/mol. The Bertz CT molecular complexity index is 536. The van der Waals surface area contributed by atoms with Gasteiger partial charge in [-0.2, -0.15) is 0 Å². The minimum Gasteiger partial charge on any atom is -0.493 e. The molecule has 1 aromatic carbocycles. The highest BCUT2D eigenvalue weighted by Crippen LogP contribution is 2.38. The second kappa shape index (κ2) is 11.9. The highest BCUT2D eigenvalue weighted by molar-refractivity contribution is 5.91. The van der Waals surface area contributed by atoms with E-state index in [9.17, 15) is 4.79 Å². The Kier molecular flexibility index (Phi) is 10.2. The Labute approximate surface area is 162 Å². The van der Waals surface area contributed by atoms with Gasteiger partial charge in [0.1, 0.15) is 0 Å². The van der Waals surface area contributed by atoms with Crippen LogP contribution in [0.4, 0.5) is 0 Å². The van der Waals surface area contributed by atoms with Crippen molar-refractivity contribution >= 4 is 18.4 Å². The molecule has 6 nitrogen and oxygen atoms in total. The Hall–Kier alpha value is -1.66. The summed E-state index contributed by atoms with van der Waals surface area (Å²) in [5.74, 6) is 0.970. The van der Waals surface area contributed by atoms with Crippen molar-refractivity contribution in [1.29, 1.82) is 0 Å². The quantitative estimate of drug-likeness (QED) is 0.477. The van der Waals surface area contributed by atoms with E-state index >= 15 is 0 Å². The highest BCUT2D eigenvalue weighted by atomic mass is 35.5. The van der Waals surface area contributed by atoms with Gasteiger partial charge in [-0.3, -0.25) is 0 Å². The Balaban J connectivity index is 0.00000338. The molecule has 1 fully saturated rings. The van der Waals surface area contributed by atoms with Crippen molar-refractivity contribution in [3.05, 3.63) is 17.7 Å². The summed E-state index contributed by atoms with van der Waals surface area (Å²) < 4.78 is 21.2. The summed E-state index contributed by atoms with van der Waals surface area (Å²) in [6.45, 7) is 3.90. The van der Waals surface area contributed by atoms with E-state index in [1.54, 1.807) is 12.1 Å². The molecule has 0 saturated carbocycles. The van der Waals surface area contributed by atoms with Crippen molar-refractivity contribution in [3.8, 4) is 17.2 Å². The number of likely N-dealkylation sites (tertiary alicyclic amines) is 1. The molecular formula is C19H30ClNO5. The second-order valence-corrected chi connectivity index (χ2v) is 6.16. The molecule has 7 heteroatoms. The van der Waals surface area contributed by atoms with Crippen molar-refractivity contribution in [2.24, 2.45) is 0 Å². The smallest absolute Gasteiger partial charge is 0.338 e. The summed E-state index contributed by atoms with van der Waals surface area (Å²) in [7, 11) is 4.57. The average molecular weight is 388 g/mol. The summed E-state index contributed by atoms with van der Waals surface area (Å²) in [6, 6.07) is 3.22. The van der Waals surface area contributed by atoms with Gasteiger partial charge in [-0.1, -0.05) is 6.42 Å². The number of hydrogen-bond donors (Lipinski definition) is 0. The van der Waals surface area contributed by atoms with Gasteiger partial charge in [-0.05, 0) is 57.5 Å². The van der Waals surface area contributed by atoms with E-state index in [1.807, 2.05) is 0 Å². The van der Waals surface area contributed by atoms with E-state index in [0.29, 0.717) is 29.4 Å². The topological polar surface area (TPSA) is 57.2 Å². The van der Waals surface area contributed by atoms with Crippen LogP contribution >= 0.6 is 12.4 Å². The summed E-state index contributed by atoms with van der Waals surface area (Å²) in [6.07, 6.45) is 5.87. The third-order valence-electron chi connectivity index (χ3n) is 4.45. The maximum Gasteiger partial charge on any atom is 0.338 e. The molecule has 1 heterocycles. The van der Waals surface area contributed by atoms with Gasteiger partial charge in [0, 0.05) is 0 Å². The number of halogens is 1. The molecule has 0 amide bonds. The molecule has 0 bridgehead atoms. The monoisotopic (exact) mass is 387 g/mol. The summed E-state index contributed by atoms with van der Waals surface area (Å²) >= 11 is 0. The molecule has 26 heavy (non-hydrogen) atoms. The van der Waals surface area contributed by atoms with Gasteiger partial charge in [0.2, 0.25) is 5.75 Å². The zero-order valence-electron chi connectivity index (χ0n) is 15.9. The zero-order chi connectivity index (χ0) is 18.1. The van der Waals surface area contributed by atoms with E-state index in [2.05, 4.69) is 4.90 Å². The number of methoxy groups -OCH3 is 3. The van der Waals surface area contributed by atoms with Gasteiger partial charge in [0.05, 0.1) is 33.5 Å². The first-order valence-electron chi connectivity index (χ1n) is 8.89. The molecule has 0 atom stereocenters. The van der Waals surface area contributed by atoms with Crippen molar-refractivity contribution in [2.45, 2.75) is 32.1 Å². The van der Waals surface area contributed by atoms with Crippen LogP contribution in [-0.2, 0) is 4.74 Å². The standard InChI is InChI=1S/C19H29NO5.ClH/c1-22-16-13-15(14-17(23-2)18(16)24-3)19(21)25-12-8-7-11-20-9-5-4-6-10-20;/h13-14H,4-12H2,1-3H3;1H. The number of piperidine rings is 1. The molecule has 1 aliphatic heterocycles. The first-order chi connectivity index (χ1) is 12.2. The largest absolute Gasteiger partial charge is 0.493 e. The molecule has 0 aromatic heterocycles. The van der Waals surface area contributed by atoms with E-state index in [-0.39, 0.29) is 18.4 Å². The third-order valence-corrected chi connectivity index (χ3v) is 4.45. The lowest BCUT2D eigenvalue weighted by Crippen LogP contribution is -2.30. The lowest BCUT2D eigenvalue weighted by Gasteiger charge is -2.26. The fourth-order valence-corrected chi connectivity index (χ4v) is 3.07. The molecule has 0 unspecified atom stereocenters. The van der Waals surface area contributed by atoms with Crippen LogP contribution < -0.4 is 14.2 Å². The molecule has 0 N–H and O–H groups in total. The number of esters is 1. The number of carbonyl (C=O) groups is 1. The van der Waals surface area contributed by atoms with Crippen LogP contribution in [0.25, 0.3) is 0 Å². The average Bonchev–Trinajstić information content (AvgIpc) is 2.67. The number of nitrogens with zero attached hydrogens (tertiary/aromatic N) is 1. The molecule has 0 spiro atoms. The molecule has 1 aliphatic rings. The third kappa shape index (κ3) is 6.25. The highest BCUT2D eigenvalue weighted by Gasteiger charge is 2.18. The van der Waals surface area contributed by atoms with Crippen LogP contribution in [0.5, 0.6) is 17.2 Å². The van der Waals surface area contributed by atoms with Crippen LogP contribution in [0.15, 0.2) is 12.1 Å². The number of carbonyl (C=O) groups excluding carboxylic acids is 1. The summed E-state index contributed by atoms with van der Waals surface area (Å²) in [5, 5.41) is 0. The van der Waals surface area contributed by atoms with Crippen LogP contribution in [0, 0.1) is 0 Å². The van der Waals surface area contributed by atoms with Crippen molar-refractivity contribution < 1.29 is 23.7 Å². The van der Waals surface area contributed by atoms with Gasteiger partial charge in [-0.15, -0.1) is 12.4 Å². The fraction of sp³-hybridized carbons (Fsp3) is 0.632. The summed E-state index contributed by atoms with van der Waals surface area (Å²) in [5.41, 5.74) is 0.394. The zero-order valence-corrected chi connectivity index (χ0v) is 16.7. The second-order valence-electron chi connectivity index (χ2n) is 6.16. The van der Waals surface area contributed by atoms with Crippen LogP contribution in [0.1, 0.15) is 42.5 Å². The van der Waals surface area contributed by atoms with Crippen molar-refractivity contribution in [3.63, 3.8) is 0 Å². The van der Waals surface area contributed by atoms with Gasteiger partial charge in [-0.25, -0.2) is 4.79 Å². The minimum atomic E-state index is -0.378. The number of unbranched alkanes of at least 4 members (excludes halogenated alkanes) is 1. The van der Waals surface area contributed by atoms with E-state index in [1.165, 1.54) is 53.7 Å². The lowest BCUT2D eigenvalue weighted by atomic mass is 10.1. The number of hydrogen-bond acceptors (Lipinski definition) is 6. The Morgan fingerprint density at radius 2 is 1.58 bits per heavy atom. The Morgan fingerprint density at radius 1 is 0.962 bits per heavy atom. The molecule has 0 radical (unpaired) electrons. The normalized spacial score (nSPS) is 14.3. The van der Waals surface area contributed by atoms with Crippen molar-refractivity contribution in [1.82, 2.24) is 4.90 Å². The first kappa shape index (κ1) is 22.4. The van der Waals surface area contributed by atoms with Crippen LogP contribution in [-0.4, -0.2) is 58.4 Å².